The van der Waals surface area contributed by atoms with Gasteiger partial charge in [0.15, 0.2) is 0 Å². The highest BCUT2D eigenvalue weighted by atomic mass is 16.6. The molecule has 0 saturated carbocycles. The van der Waals surface area contributed by atoms with Crippen LogP contribution in [0.5, 0.6) is 0 Å². The number of ether oxygens (including phenoxy) is 1. The van der Waals surface area contributed by atoms with Crippen molar-refractivity contribution in [1.29, 1.82) is 0 Å². The van der Waals surface area contributed by atoms with Gasteiger partial charge in [-0.25, -0.2) is 4.79 Å². The summed E-state index contributed by atoms with van der Waals surface area (Å²) in [6.45, 7) is 9.00. The molecule has 0 fully saturated rings. The average molecular weight is 264 g/mol. The minimum Gasteiger partial charge on any atom is -0.444 e. The Morgan fingerprint density at radius 3 is 2.47 bits per heavy atom. The largest absolute Gasteiger partial charge is 0.444 e. The Hall–Kier alpha value is -1.55. The summed E-state index contributed by atoms with van der Waals surface area (Å²) in [5.41, 5.74) is 0.772. The zero-order valence-corrected chi connectivity index (χ0v) is 12.2. The van der Waals surface area contributed by atoms with E-state index in [0.717, 1.165) is 6.54 Å². The lowest BCUT2D eigenvalue weighted by atomic mass is 10.2. The number of rotatable bonds is 5. The van der Waals surface area contributed by atoms with E-state index in [1.807, 2.05) is 45.9 Å². The minimum atomic E-state index is -0.457. The van der Waals surface area contributed by atoms with Crippen LogP contribution in [0.4, 0.5) is 4.79 Å². The van der Waals surface area contributed by atoms with Crippen molar-refractivity contribution in [2.75, 3.05) is 6.54 Å². The lowest BCUT2D eigenvalue weighted by Gasteiger charge is -2.22. The number of hydrogen-bond donors (Lipinski definition) is 2. The van der Waals surface area contributed by atoms with E-state index < -0.39 is 5.60 Å². The first-order valence-corrected chi connectivity index (χ1v) is 6.61. The second kappa shape index (κ2) is 7.14. The SMILES string of the molecule is C[C@@H](CNCc1ccccc1)NC(=O)OC(C)(C)C. The van der Waals surface area contributed by atoms with E-state index in [2.05, 4.69) is 22.8 Å². The highest BCUT2D eigenvalue weighted by molar-refractivity contribution is 5.68. The molecule has 1 aromatic rings. The molecule has 0 aliphatic carbocycles. The van der Waals surface area contributed by atoms with E-state index in [1.165, 1.54) is 5.56 Å². The van der Waals surface area contributed by atoms with Crippen LogP contribution in [-0.2, 0) is 11.3 Å². The fourth-order valence-electron chi connectivity index (χ4n) is 1.59. The Morgan fingerprint density at radius 2 is 1.89 bits per heavy atom. The molecule has 0 aromatic heterocycles. The molecule has 1 rings (SSSR count). The molecule has 4 nitrogen and oxygen atoms in total. The van der Waals surface area contributed by atoms with Gasteiger partial charge in [-0.05, 0) is 33.3 Å². The van der Waals surface area contributed by atoms with Gasteiger partial charge >= 0.3 is 6.09 Å². The molecule has 1 atom stereocenters. The third-order valence-corrected chi connectivity index (χ3v) is 2.39. The van der Waals surface area contributed by atoms with Crippen LogP contribution in [0.15, 0.2) is 30.3 Å². The summed E-state index contributed by atoms with van der Waals surface area (Å²) in [6.07, 6.45) is -0.374. The van der Waals surface area contributed by atoms with Crippen LogP contribution in [0, 0.1) is 0 Å². The molecule has 0 saturated heterocycles. The highest BCUT2D eigenvalue weighted by Crippen LogP contribution is 2.06. The number of carbonyl (C=O) groups excluding carboxylic acids is 1. The van der Waals surface area contributed by atoms with Crippen LogP contribution in [0.25, 0.3) is 0 Å². The van der Waals surface area contributed by atoms with Gasteiger partial charge in [0, 0.05) is 19.1 Å². The first-order valence-electron chi connectivity index (χ1n) is 6.61. The van der Waals surface area contributed by atoms with E-state index in [-0.39, 0.29) is 12.1 Å². The fourth-order valence-corrected chi connectivity index (χ4v) is 1.59. The average Bonchev–Trinajstić information content (AvgIpc) is 2.27. The summed E-state index contributed by atoms with van der Waals surface area (Å²) in [5.74, 6) is 0. The lowest BCUT2D eigenvalue weighted by molar-refractivity contribution is 0.0508. The molecule has 1 aromatic carbocycles. The van der Waals surface area contributed by atoms with E-state index >= 15 is 0 Å². The van der Waals surface area contributed by atoms with Crippen LogP contribution in [0.3, 0.4) is 0 Å². The first-order chi connectivity index (χ1) is 8.87. The maximum absolute atomic E-state index is 11.5. The Kier molecular flexibility index (Phi) is 5.83. The van der Waals surface area contributed by atoms with Crippen LogP contribution in [0.2, 0.25) is 0 Å². The fraction of sp³-hybridized carbons (Fsp3) is 0.533. The van der Waals surface area contributed by atoms with E-state index in [9.17, 15) is 4.79 Å². The van der Waals surface area contributed by atoms with Crippen molar-refractivity contribution in [3.63, 3.8) is 0 Å². The Balaban J connectivity index is 2.21. The van der Waals surface area contributed by atoms with Crippen molar-refractivity contribution in [1.82, 2.24) is 10.6 Å². The summed E-state index contributed by atoms with van der Waals surface area (Å²) in [4.78, 5) is 11.5. The quantitative estimate of drug-likeness (QED) is 0.859. The third-order valence-electron chi connectivity index (χ3n) is 2.39. The summed E-state index contributed by atoms with van der Waals surface area (Å²) < 4.78 is 5.20. The van der Waals surface area contributed by atoms with Gasteiger partial charge in [0.2, 0.25) is 0 Å². The van der Waals surface area contributed by atoms with Gasteiger partial charge in [0.05, 0.1) is 0 Å². The maximum Gasteiger partial charge on any atom is 0.407 e. The van der Waals surface area contributed by atoms with Gasteiger partial charge in [-0.2, -0.15) is 0 Å². The molecule has 0 spiro atoms. The molecule has 0 aliphatic rings. The molecule has 0 heterocycles. The third kappa shape index (κ3) is 7.47. The molecule has 1 amide bonds. The summed E-state index contributed by atoms with van der Waals surface area (Å²) in [5, 5.41) is 6.10. The smallest absolute Gasteiger partial charge is 0.407 e. The predicted molar refractivity (Wildman–Crippen MR) is 77.0 cm³/mol. The molecule has 0 unspecified atom stereocenters. The zero-order valence-electron chi connectivity index (χ0n) is 12.2. The molecule has 2 N–H and O–H groups in total. The van der Waals surface area contributed by atoms with Gasteiger partial charge in [-0.1, -0.05) is 30.3 Å². The second-order valence-electron chi connectivity index (χ2n) is 5.66. The van der Waals surface area contributed by atoms with E-state index in [1.54, 1.807) is 0 Å². The molecule has 0 bridgehead atoms. The normalized spacial score (nSPS) is 12.8. The van der Waals surface area contributed by atoms with Crippen LogP contribution >= 0.6 is 0 Å². The van der Waals surface area contributed by atoms with Gasteiger partial charge in [0.25, 0.3) is 0 Å². The van der Waals surface area contributed by atoms with Crippen LogP contribution < -0.4 is 10.6 Å². The number of amides is 1. The maximum atomic E-state index is 11.5. The van der Waals surface area contributed by atoms with Crippen molar-refractivity contribution in [2.45, 2.75) is 45.9 Å². The predicted octanol–water partition coefficient (Wildman–Crippen LogP) is 2.69. The number of hydrogen-bond acceptors (Lipinski definition) is 3. The summed E-state index contributed by atoms with van der Waals surface area (Å²) in [6, 6.07) is 10.2. The van der Waals surface area contributed by atoms with Gasteiger partial charge in [0.1, 0.15) is 5.60 Å². The van der Waals surface area contributed by atoms with E-state index in [0.29, 0.717) is 6.54 Å². The number of carbonyl (C=O) groups is 1. The summed E-state index contributed by atoms with van der Waals surface area (Å²) in [7, 11) is 0. The molecule has 106 valence electrons. The van der Waals surface area contributed by atoms with Crippen molar-refractivity contribution in [2.24, 2.45) is 0 Å². The molecular formula is C15H24N2O2. The number of benzene rings is 1. The number of alkyl carbamates (subject to hydrolysis) is 1. The van der Waals surface area contributed by atoms with Gasteiger partial charge < -0.3 is 15.4 Å². The van der Waals surface area contributed by atoms with Crippen LogP contribution in [0.1, 0.15) is 33.3 Å². The Labute approximate surface area is 115 Å². The van der Waals surface area contributed by atoms with Crippen molar-refractivity contribution < 1.29 is 9.53 Å². The summed E-state index contributed by atoms with van der Waals surface area (Å²) >= 11 is 0. The molecular weight excluding hydrogens is 240 g/mol. The standard InChI is InChI=1S/C15H24N2O2/c1-12(17-14(18)19-15(2,3)4)10-16-11-13-8-6-5-7-9-13/h5-9,12,16H,10-11H2,1-4H3,(H,17,18)/t12-/m0/s1. The monoisotopic (exact) mass is 264 g/mol. The van der Waals surface area contributed by atoms with E-state index in [4.69, 9.17) is 4.74 Å². The lowest BCUT2D eigenvalue weighted by Crippen LogP contribution is -2.42. The van der Waals surface area contributed by atoms with Crippen molar-refractivity contribution >= 4 is 6.09 Å². The number of nitrogens with one attached hydrogen (secondary N) is 2. The minimum absolute atomic E-state index is 0.0264. The van der Waals surface area contributed by atoms with Gasteiger partial charge in [-0.3, -0.25) is 0 Å². The zero-order chi connectivity index (χ0) is 14.3. The second-order valence-corrected chi connectivity index (χ2v) is 5.66. The Morgan fingerprint density at radius 1 is 1.26 bits per heavy atom. The highest BCUT2D eigenvalue weighted by Gasteiger charge is 2.17. The molecule has 19 heavy (non-hydrogen) atoms. The molecule has 0 radical (unpaired) electrons. The van der Waals surface area contributed by atoms with Crippen molar-refractivity contribution in [3.05, 3.63) is 35.9 Å². The van der Waals surface area contributed by atoms with Crippen molar-refractivity contribution in [3.8, 4) is 0 Å². The topological polar surface area (TPSA) is 50.4 Å². The molecule has 0 aliphatic heterocycles. The molecule has 4 heteroatoms. The van der Waals surface area contributed by atoms with Gasteiger partial charge in [-0.15, -0.1) is 0 Å². The first kappa shape index (κ1) is 15.5. The Bertz CT molecular complexity index is 385. The van der Waals surface area contributed by atoms with Crippen LogP contribution in [-0.4, -0.2) is 24.3 Å².